The first kappa shape index (κ1) is 19.2. The SMILES string of the molecule is O=C(Cn1nc(-c2ccccc2)c(-c2ccccc2)nc1=O)Nc1ccc(F)cc1. The number of benzene rings is 3. The summed E-state index contributed by atoms with van der Waals surface area (Å²) in [6, 6.07) is 24.0. The third kappa shape index (κ3) is 4.30. The lowest BCUT2D eigenvalue weighted by Crippen LogP contribution is -2.32. The van der Waals surface area contributed by atoms with E-state index in [1.54, 1.807) is 0 Å². The third-order valence-electron chi connectivity index (χ3n) is 4.39. The smallest absolute Gasteiger partial charge is 0.324 e. The number of carbonyl (C=O) groups excluding carboxylic acids is 1. The molecule has 0 aliphatic rings. The fraction of sp³-hybridized carbons (Fsp3) is 0.0435. The highest BCUT2D eigenvalue weighted by atomic mass is 19.1. The zero-order chi connectivity index (χ0) is 20.9. The van der Waals surface area contributed by atoms with Crippen LogP contribution in [-0.2, 0) is 11.3 Å². The fourth-order valence-electron chi connectivity index (χ4n) is 2.98. The zero-order valence-electron chi connectivity index (χ0n) is 15.8. The third-order valence-corrected chi connectivity index (χ3v) is 4.39. The average Bonchev–Trinajstić information content (AvgIpc) is 2.78. The van der Waals surface area contributed by atoms with Gasteiger partial charge in [-0.2, -0.15) is 10.1 Å². The van der Waals surface area contributed by atoms with Gasteiger partial charge in [-0.3, -0.25) is 4.79 Å². The first-order valence-corrected chi connectivity index (χ1v) is 9.25. The molecule has 3 aromatic carbocycles. The summed E-state index contributed by atoms with van der Waals surface area (Å²) in [5.41, 5.74) is 2.26. The average molecular weight is 400 g/mol. The van der Waals surface area contributed by atoms with E-state index in [-0.39, 0.29) is 6.54 Å². The van der Waals surface area contributed by atoms with Gasteiger partial charge in [-0.15, -0.1) is 0 Å². The first-order valence-electron chi connectivity index (χ1n) is 9.25. The van der Waals surface area contributed by atoms with Crippen molar-refractivity contribution in [3.63, 3.8) is 0 Å². The van der Waals surface area contributed by atoms with Crippen molar-refractivity contribution in [3.05, 3.63) is 101 Å². The van der Waals surface area contributed by atoms with E-state index in [1.807, 2.05) is 60.7 Å². The lowest BCUT2D eigenvalue weighted by molar-refractivity contribution is -0.117. The van der Waals surface area contributed by atoms with Crippen molar-refractivity contribution in [1.82, 2.24) is 14.8 Å². The van der Waals surface area contributed by atoms with Gasteiger partial charge in [-0.25, -0.2) is 13.9 Å². The molecule has 6 nitrogen and oxygen atoms in total. The van der Waals surface area contributed by atoms with Gasteiger partial charge in [0.25, 0.3) is 0 Å². The van der Waals surface area contributed by atoms with Crippen molar-refractivity contribution in [2.24, 2.45) is 0 Å². The van der Waals surface area contributed by atoms with Crippen LogP contribution in [0.2, 0.25) is 0 Å². The second-order valence-corrected chi connectivity index (χ2v) is 6.54. The second-order valence-electron chi connectivity index (χ2n) is 6.54. The summed E-state index contributed by atoms with van der Waals surface area (Å²) in [4.78, 5) is 29.2. The van der Waals surface area contributed by atoms with Crippen LogP contribution in [0.4, 0.5) is 10.1 Å². The molecule has 0 saturated heterocycles. The minimum absolute atomic E-state index is 0.321. The maximum absolute atomic E-state index is 13.0. The van der Waals surface area contributed by atoms with E-state index in [0.29, 0.717) is 17.1 Å². The standard InChI is InChI=1S/C23H17FN4O2/c24-18-11-13-19(14-12-18)25-20(29)15-28-23(30)26-21(16-7-3-1-4-8-16)22(27-28)17-9-5-2-6-10-17/h1-14H,15H2,(H,25,29). The van der Waals surface area contributed by atoms with Crippen LogP contribution in [0.25, 0.3) is 22.5 Å². The maximum atomic E-state index is 13.0. The molecule has 1 aromatic heterocycles. The molecule has 0 aliphatic carbocycles. The number of carbonyl (C=O) groups is 1. The molecule has 1 amide bonds. The normalized spacial score (nSPS) is 10.6. The summed E-state index contributed by atoms with van der Waals surface area (Å²) < 4.78 is 14.1. The van der Waals surface area contributed by atoms with Crippen LogP contribution < -0.4 is 11.0 Å². The van der Waals surface area contributed by atoms with Gasteiger partial charge in [0.05, 0.1) is 0 Å². The van der Waals surface area contributed by atoms with Crippen molar-refractivity contribution in [1.29, 1.82) is 0 Å². The van der Waals surface area contributed by atoms with Crippen LogP contribution in [0.15, 0.2) is 89.7 Å². The number of anilines is 1. The highest BCUT2D eigenvalue weighted by Gasteiger charge is 2.16. The Labute approximate surface area is 171 Å². The van der Waals surface area contributed by atoms with Crippen molar-refractivity contribution in [2.75, 3.05) is 5.32 Å². The Morgan fingerprint density at radius 3 is 2.00 bits per heavy atom. The molecule has 0 aliphatic heterocycles. The van der Waals surface area contributed by atoms with Gasteiger partial charge >= 0.3 is 5.69 Å². The lowest BCUT2D eigenvalue weighted by Gasteiger charge is -2.12. The van der Waals surface area contributed by atoms with E-state index in [0.717, 1.165) is 15.8 Å². The van der Waals surface area contributed by atoms with Gasteiger partial charge in [0, 0.05) is 16.8 Å². The largest absolute Gasteiger partial charge is 0.365 e. The summed E-state index contributed by atoms with van der Waals surface area (Å²) in [6.45, 7) is -0.321. The van der Waals surface area contributed by atoms with Crippen LogP contribution in [0.3, 0.4) is 0 Å². The molecule has 7 heteroatoms. The van der Waals surface area contributed by atoms with E-state index in [2.05, 4.69) is 15.4 Å². The number of amides is 1. The molecule has 1 N–H and O–H groups in total. The molecule has 0 fully saturated rings. The van der Waals surface area contributed by atoms with E-state index in [9.17, 15) is 14.0 Å². The number of nitrogens with one attached hydrogen (secondary N) is 1. The van der Waals surface area contributed by atoms with Crippen molar-refractivity contribution in [2.45, 2.75) is 6.54 Å². The number of hydrogen-bond acceptors (Lipinski definition) is 4. The number of hydrogen-bond donors (Lipinski definition) is 1. The van der Waals surface area contributed by atoms with Crippen LogP contribution in [-0.4, -0.2) is 20.7 Å². The number of aromatic nitrogens is 3. The number of halogens is 1. The summed E-state index contributed by atoms with van der Waals surface area (Å²) >= 11 is 0. The fourth-order valence-corrected chi connectivity index (χ4v) is 2.98. The van der Waals surface area contributed by atoms with Gasteiger partial charge in [0.15, 0.2) is 0 Å². The summed E-state index contributed by atoms with van der Waals surface area (Å²) in [6.07, 6.45) is 0. The second kappa shape index (κ2) is 8.48. The predicted molar refractivity (Wildman–Crippen MR) is 112 cm³/mol. The van der Waals surface area contributed by atoms with E-state index >= 15 is 0 Å². The molecular weight excluding hydrogens is 383 g/mol. The maximum Gasteiger partial charge on any atom is 0.365 e. The molecular formula is C23H17FN4O2. The molecule has 1 heterocycles. The first-order chi connectivity index (χ1) is 14.6. The van der Waals surface area contributed by atoms with Crippen LogP contribution in [0, 0.1) is 5.82 Å². The summed E-state index contributed by atoms with van der Waals surface area (Å²) in [5.74, 6) is -0.872. The summed E-state index contributed by atoms with van der Waals surface area (Å²) in [7, 11) is 0. The minimum atomic E-state index is -0.636. The Morgan fingerprint density at radius 1 is 0.833 bits per heavy atom. The Hall–Kier alpha value is -4.13. The van der Waals surface area contributed by atoms with Crippen LogP contribution in [0.5, 0.6) is 0 Å². The minimum Gasteiger partial charge on any atom is -0.324 e. The van der Waals surface area contributed by atoms with Gasteiger partial charge in [-0.1, -0.05) is 60.7 Å². The predicted octanol–water partition coefficient (Wildman–Crippen LogP) is 3.75. The Balaban J connectivity index is 1.70. The van der Waals surface area contributed by atoms with E-state index in [4.69, 9.17) is 0 Å². The summed E-state index contributed by atoms with van der Waals surface area (Å²) in [5, 5.41) is 7.05. The van der Waals surface area contributed by atoms with Crippen molar-refractivity contribution < 1.29 is 9.18 Å². The van der Waals surface area contributed by atoms with Gasteiger partial charge < -0.3 is 5.32 Å². The van der Waals surface area contributed by atoms with Crippen LogP contribution >= 0.6 is 0 Å². The molecule has 0 atom stereocenters. The molecule has 0 unspecified atom stereocenters. The number of nitrogens with zero attached hydrogens (tertiary/aromatic N) is 3. The molecule has 30 heavy (non-hydrogen) atoms. The van der Waals surface area contributed by atoms with Crippen LogP contribution in [0.1, 0.15) is 0 Å². The monoisotopic (exact) mass is 400 g/mol. The topological polar surface area (TPSA) is 76.9 Å². The van der Waals surface area contributed by atoms with Crippen molar-refractivity contribution in [3.8, 4) is 22.5 Å². The van der Waals surface area contributed by atoms with E-state index < -0.39 is 17.4 Å². The lowest BCUT2D eigenvalue weighted by atomic mass is 10.0. The van der Waals surface area contributed by atoms with Gasteiger partial charge in [0.1, 0.15) is 23.7 Å². The number of rotatable bonds is 5. The molecule has 0 bridgehead atoms. The highest BCUT2D eigenvalue weighted by Crippen LogP contribution is 2.27. The molecule has 0 spiro atoms. The Bertz CT molecular complexity index is 1220. The molecule has 0 saturated carbocycles. The molecule has 0 radical (unpaired) electrons. The van der Waals surface area contributed by atoms with E-state index in [1.165, 1.54) is 24.3 Å². The van der Waals surface area contributed by atoms with Crippen molar-refractivity contribution >= 4 is 11.6 Å². The molecule has 4 aromatic rings. The quantitative estimate of drug-likeness (QED) is 0.554. The van der Waals surface area contributed by atoms with Gasteiger partial charge in [-0.05, 0) is 24.3 Å². The molecule has 148 valence electrons. The van der Waals surface area contributed by atoms with Gasteiger partial charge in [0.2, 0.25) is 5.91 Å². The molecule has 4 rings (SSSR count). The zero-order valence-corrected chi connectivity index (χ0v) is 15.8. The Morgan fingerprint density at radius 2 is 1.40 bits per heavy atom. The highest BCUT2D eigenvalue weighted by molar-refractivity contribution is 5.90. The Kier molecular flexibility index (Phi) is 5.43.